The van der Waals surface area contributed by atoms with Crippen LogP contribution in [0, 0.1) is 11.3 Å². The van der Waals surface area contributed by atoms with E-state index in [2.05, 4.69) is 49.3 Å². The van der Waals surface area contributed by atoms with Crippen LogP contribution >= 0.6 is 0 Å². The molecule has 26 heavy (non-hydrogen) atoms. The fraction of sp³-hybridized carbons (Fsp3) is 0.727. The molecule has 4 heteroatoms. The molecular formula is C22H34N2O2. The highest BCUT2D eigenvalue weighted by Gasteiger charge is 2.58. The Morgan fingerprint density at radius 3 is 2.81 bits per heavy atom. The van der Waals surface area contributed by atoms with E-state index in [4.69, 9.17) is 4.74 Å². The fourth-order valence-corrected chi connectivity index (χ4v) is 6.42. The Kier molecular flexibility index (Phi) is 4.79. The summed E-state index contributed by atoms with van der Waals surface area (Å²) in [5.74, 6) is 1.67. The monoisotopic (exact) mass is 358 g/mol. The Hall–Kier alpha value is -1.10. The molecule has 1 aromatic carbocycles. The zero-order valence-corrected chi connectivity index (χ0v) is 16.7. The average molecular weight is 359 g/mol. The van der Waals surface area contributed by atoms with Gasteiger partial charge in [-0.05, 0) is 62.3 Å². The van der Waals surface area contributed by atoms with Crippen LogP contribution in [0.2, 0.25) is 0 Å². The van der Waals surface area contributed by atoms with E-state index < -0.39 is 0 Å². The summed E-state index contributed by atoms with van der Waals surface area (Å²) in [5.41, 5.74) is 3.09. The first kappa shape index (κ1) is 18.3. The van der Waals surface area contributed by atoms with E-state index in [1.807, 2.05) is 0 Å². The maximum Gasteiger partial charge on any atom is 0.122 e. The van der Waals surface area contributed by atoms with Crippen molar-refractivity contribution >= 4 is 0 Å². The zero-order valence-electron chi connectivity index (χ0n) is 16.7. The third-order valence-electron chi connectivity index (χ3n) is 7.11. The lowest BCUT2D eigenvalue weighted by Crippen LogP contribution is -2.64. The lowest BCUT2D eigenvalue weighted by Gasteiger charge is -2.57. The second-order valence-electron chi connectivity index (χ2n) is 9.25. The summed E-state index contributed by atoms with van der Waals surface area (Å²) >= 11 is 0. The summed E-state index contributed by atoms with van der Waals surface area (Å²) in [5, 5.41) is 14.6. The van der Waals surface area contributed by atoms with Crippen LogP contribution in [0.25, 0.3) is 0 Å². The van der Waals surface area contributed by atoms with Crippen LogP contribution in [0.4, 0.5) is 0 Å². The van der Waals surface area contributed by atoms with Crippen molar-refractivity contribution in [2.24, 2.45) is 11.3 Å². The third kappa shape index (κ3) is 2.96. The number of rotatable bonds is 4. The summed E-state index contributed by atoms with van der Waals surface area (Å²) in [6, 6.07) is 7.70. The van der Waals surface area contributed by atoms with E-state index in [-0.39, 0.29) is 12.1 Å². The minimum atomic E-state index is -0.211. The summed E-state index contributed by atoms with van der Waals surface area (Å²) in [4.78, 5) is 2.48. The maximum atomic E-state index is 10.8. The Bertz CT molecular complexity index is 657. The molecule has 144 valence electrons. The normalized spacial score (nSPS) is 37.0. The molecule has 5 atom stereocenters. The SMILES string of the molecule is COc1cccc2c1CCC(N[C@@H]1CC3(C[C@H]1O)CN(C)C3C(C)C)C2. The summed E-state index contributed by atoms with van der Waals surface area (Å²) in [7, 11) is 3.99. The molecule has 1 heterocycles. The van der Waals surface area contributed by atoms with Gasteiger partial charge in [0.15, 0.2) is 0 Å². The summed E-state index contributed by atoms with van der Waals surface area (Å²) in [6.07, 6.45) is 5.07. The second-order valence-corrected chi connectivity index (χ2v) is 9.25. The van der Waals surface area contributed by atoms with E-state index in [1.165, 1.54) is 11.1 Å². The van der Waals surface area contributed by atoms with Crippen molar-refractivity contribution in [1.82, 2.24) is 10.2 Å². The number of fused-ring (bicyclic) bond motifs is 1. The van der Waals surface area contributed by atoms with Crippen LogP contribution in [0.3, 0.4) is 0 Å². The first-order valence-electron chi connectivity index (χ1n) is 10.2. The Labute approximate surface area is 157 Å². The molecule has 1 aliphatic heterocycles. The van der Waals surface area contributed by atoms with Gasteiger partial charge in [0.25, 0.3) is 0 Å². The van der Waals surface area contributed by atoms with E-state index in [0.29, 0.717) is 23.4 Å². The van der Waals surface area contributed by atoms with Crippen LogP contribution in [0.15, 0.2) is 18.2 Å². The van der Waals surface area contributed by atoms with E-state index in [9.17, 15) is 5.11 Å². The summed E-state index contributed by atoms with van der Waals surface area (Å²) < 4.78 is 5.53. The topological polar surface area (TPSA) is 44.7 Å². The molecule has 2 aliphatic carbocycles. The van der Waals surface area contributed by atoms with Crippen molar-refractivity contribution in [1.29, 1.82) is 0 Å². The molecule has 3 aliphatic rings. The van der Waals surface area contributed by atoms with Crippen molar-refractivity contribution in [2.75, 3.05) is 20.7 Å². The predicted molar refractivity (Wildman–Crippen MR) is 105 cm³/mol. The van der Waals surface area contributed by atoms with Crippen molar-refractivity contribution in [2.45, 2.75) is 70.2 Å². The van der Waals surface area contributed by atoms with Crippen LogP contribution in [0.5, 0.6) is 5.75 Å². The first-order valence-corrected chi connectivity index (χ1v) is 10.2. The quantitative estimate of drug-likeness (QED) is 0.868. The van der Waals surface area contributed by atoms with Crippen molar-refractivity contribution in [3.05, 3.63) is 29.3 Å². The molecular weight excluding hydrogens is 324 g/mol. The Morgan fingerprint density at radius 1 is 1.31 bits per heavy atom. The largest absolute Gasteiger partial charge is 0.496 e. The van der Waals surface area contributed by atoms with Gasteiger partial charge in [-0.3, -0.25) is 0 Å². The highest BCUT2D eigenvalue weighted by molar-refractivity contribution is 5.42. The van der Waals surface area contributed by atoms with Crippen LogP contribution in [-0.2, 0) is 12.8 Å². The highest BCUT2D eigenvalue weighted by Crippen LogP contribution is 2.52. The van der Waals surface area contributed by atoms with Gasteiger partial charge in [0.2, 0.25) is 0 Å². The molecule has 1 aromatic rings. The Morgan fingerprint density at radius 2 is 2.12 bits per heavy atom. The molecule has 1 spiro atoms. The number of methoxy groups -OCH3 is 1. The third-order valence-corrected chi connectivity index (χ3v) is 7.11. The number of aliphatic hydroxyl groups is 1. The van der Waals surface area contributed by atoms with Crippen molar-refractivity contribution in [3.63, 3.8) is 0 Å². The smallest absolute Gasteiger partial charge is 0.122 e. The van der Waals surface area contributed by atoms with Gasteiger partial charge in [0.1, 0.15) is 5.75 Å². The van der Waals surface area contributed by atoms with Gasteiger partial charge in [0.05, 0.1) is 13.2 Å². The number of likely N-dealkylation sites (tertiary alicyclic amines) is 1. The minimum Gasteiger partial charge on any atom is -0.496 e. The molecule has 2 N–H and O–H groups in total. The van der Waals surface area contributed by atoms with Crippen molar-refractivity contribution < 1.29 is 9.84 Å². The van der Waals surface area contributed by atoms with Crippen LogP contribution < -0.4 is 10.1 Å². The standard InChI is InChI=1S/C22H34N2O2/c1-14(2)21-22(13-24(21)3)11-18(19(25)12-22)23-16-8-9-17-15(10-16)6-5-7-20(17)26-4/h5-7,14,16,18-19,21,23,25H,8-13H2,1-4H3/t16?,18-,19-,21?,22?/m1/s1. The predicted octanol–water partition coefficient (Wildman–Crippen LogP) is 2.62. The number of hydrogen-bond donors (Lipinski definition) is 2. The first-order chi connectivity index (χ1) is 12.4. The molecule has 4 rings (SSSR count). The highest BCUT2D eigenvalue weighted by atomic mass is 16.5. The molecule has 1 saturated heterocycles. The zero-order chi connectivity index (χ0) is 18.5. The molecule has 3 unspecified atom stereocenters. The molecule has 1 saturated carbocycles. The van der Waals surface area contributed by atoms with Gasteiger partial charge in [-0.25, -0.2) is 0 Å². The summed E-state index contributed by atoms with van der Waals surface area (Å²) in [6.45, 7) is 5.77. The Balaban J connectivity index is 1.42. The van der Waals surface area contributed by atoms with Gasteiger partial charge in [-0.15, -0.1) is 0 Å². The lowest BCUT2D eigenvalue weighted by molar-refractivity contribution is -0.0828. The lowest BCUT2D eigenvalue weighted by atomic mass is 9.66. The molecule has 2 fully saturated rings. The molecule has 0 amide bonds. The molecule has 0 bridgehead atoms. The van der Waals surface area contributed by atoms with Gasteiger partial charge < -0.3 is 20.1 Å². The fourth-order valence-electron chi connectivity index (χ4n) is 6.42. The van der Waals surface area contributed by atoms with Crippen molar-refractivity contribution in [3.8, 4) is 5.75 Å². The van der Waals surface area contributed by atoms with Crippen LogP contribution in [0.1, 0.15) is 44.2 Å². The van der Waals surface area contributed by atoms with E-state index >= 15 is 0 Å². The van der Waals surface area contributed by atoms with Gasteiger partial charge >= 0.3 is 0 Å². The van der Waals surface area contributed by atoms with Gasteiger partial charge in [-0.2, -0.15) is 0 Å². The number of nitrogens with one attached hydrogen (secondary N) is 1. The molecule has 0 aromatic heterocycles. The molecule has 4 nitrogen and oxygen atoms in total. The van der Waals surface area contributed by atoms with Gasteiger partial charge in [-0.1, -0.05) is 26.0 Å². The minimum absolute atomic E-state index is 0.211. The van der Waals surface area contributed by atoms with Gasteiger partial charge in [0, 0.05) is 30.1 Å². The number of ether oxygens (including phenoxy) is 1. The average Bonchev–Trinajstić information content (AvgIpc) is 2.90. The number of nitrogens with zero attached hydrogens (tertiary/aromatic N) is 1. The molecule has 0 radical (unpaired) electrons. The van der Waals surface area contributed by atoms with E-state index in [0.717, 1.165) is 44.4 Å². The number of aliphatic hydroxyl groups excluding tert-OH is 1. The van der Waals surface area contributed by atoms with Crippen LogP contribution in [-0.4, -0.2) is 54.9 Å². The number of benzene rings is 1. The second kappa shape index (κ2) is 6.81. The maximum absolute atomic E-state index is 10.8. The van der Waals surface area contributed by atoms with E-state index in [1.54, 1.807) is 7.11 Å². The number of hydrogen-bond acceptors (Lipinski definition) is 4.